The summed E-state index contributed by atoms with van der Waals surface area (Å²) in [7, 11) is 1.95. The Labute approximate surface area is 135 Å². The van der Waals surface area contributed by atoms with E-state index >= 15 is 0 Å². The molecule has 0 saturated heterocycles. The maximum Gasteiger partial charge on any atom is 0.138 e. The van der Waals surface area contributed by atoms with Gasteiger partial charge >= 0.3 is 0 Å². The molecule has 1 aromatic carbocycles. The van der Waals surface area contributed by atoms with Crippen LogP contribution in [0.2, 0.25) is 0 Å². The van der Waals surface area contributed by atoms with Gasteiger partial charge in [-0.25, -0.2) is 4.98 Å². The zero-order valence-electron chi connectivity index (χ0n) is 12.9. The van der Waals surface area contributed by atoms with Crippen LogP contribution in [0.25, 0.3) is 0 Å². The molecular weight excluding hydrogens is 328 g/mol. The second kappa shape index (κ2) is 7.71. The van der Waals surface area contributed by atoms with E-state index in [1.807, 2.05) is 11.7 Å². The number of nitrogens with one attached hydrogen (secondary N) is 1. The van der Waals surface area contributed by atoms with E-state index in [4.69, 9.17) is 0 Å². The third-order valence-electron chi connectivity index (χ3n) is 3.50. The highest BCUT2D eigenvalue weighted by atomic mass is 79.9. The minimum atomic E-state index is 0.495. The normalized spacial score (nSPS) is 12.8. The number of hydrogen-bond acceptors (Lipinski definition) is 3. The molecule has 0 fully saturated rings. The van der Waals surface area contributed by atoms with Gasteiger partial charge in [0.05, 0.1) is 0 Å². The lowest BCUT2D eigenvalue weighted by Gasteiger charge is -2.19. The van der Waals surface area contributed by atoms with Gasteiger partial charge in [-0.05, 0) is 36.6 Å². The van der Waals surface area contributed by atoms with E-state index in [2.05, 4.69) is 69.4 Å². The second-order valence-corrected chi connectivity index (χ2v) is 6.68. The molecule has 21 heavy (non-hydrogen) atoms. The fraction of sp³-hybridized carbons (Fsp3) is 0.500. The summed E-state index contributed by atoms with van der Waals surface area (Å²) in [6, 6.07) is 9.03. The molecule has 114 valence electrons. The minimum absolute atomic E-state index is 0.495. The standard InChI is InChI=1S/C16H23BrN4/c1-12(2)18-10-14(9-16-19-11-20-21(16)3)7-13-5-4-6-15(17)8-13/h4-6,8,11-12,14,18H,7,9-10H2,1-3H3. The van der Waals surface area contributed by atoms with Crippen molar-refractivity contribution < 1.29 is 0 Å². The van der Waals surface area contributed by atoms with Crippen LogP contribution in [0.15, 0.2) is 35.1 Å². The van der Waals surface area contributed by atoms with Crippen molar-refractivity contribution in [2.75, 3.05) is 6.54 Å². The third-order valence-corrected chi connectivity index (χ3v) is 4.00. The van der Waals surface area contributed by atoms with Crippen molar-refractivity contribution in [2.24, 2.45) is 13.0 Å². The predicted octanol–water partition coefficient (Wildman–Crippen LogP) is 2.98. The van der Waals surface area contributed by atoms with Crippen LogP contribution >= 0.6 is 15.9 Å². The van der Waals surface area contributed by atoms with Crippen molar-refractivity contribution in [2.45, 2.75) is 32.7 Å². The molecule has 2 aromatic rings. The summed E-state index contributed by atoms with van der Waals surface area (Å²) in [4.78, 5) is 4.36. The lowest BCUT2D eigenvalue weighted by molar-refractivity contribution is 0.431. The van der Waals surface area contributed by atoms with Crippen molar-refractivity contribution in [1.82, 2.24) is 20.1 Å². The maximum atomic E-state index is 4.36. The molecule has 5 heteroatoms. The Morgan fingerprint density at radius 1 is 1.29 bits per heavy atom. The zero-order chi connectivity index (χ0) is 15.2. The van der Waals surface area contributed by atoms with E-state index in [1.54, 1.807) is 6.33 Å². The van der Waals surface area contributed by atoms with Crippen LogP contribution in [0.3, 0.4) is 0 Å². The van der Waals surface area contributed by atoms with Gasteiger partial charge in [0.15, 0.2) is 0 Å². The van der Waals surface area contributed by atoms with Crippen molar-refractivity contribution >= 4 is 15.9 Å². The van der Waals surface area contributed by atoms with Crippen LogP contribution in [0.4, 0.5) is 0 Å². The third kappa shape index (κ3) is 5.25. The molecule has 4 nitrogen and oxygen atoms in total. The van der Waals surface area contributed by atoms with Gasteiger partial charge in [-0.3, -0.25) is 4.68 Å². The highest BCUT2D eigenvalue weighted by Gasteiger charge is 2.14. The Hall–Kier alpha value is -1.20. The van der Waals surface area contributed by atoms with Gasteiger partial charge in [0, 0.05) is 24.0 Å². The molecule has 0 saturated carbocycles. The summed E-state index contributed by atoms with van der Waals surface area (Å²) in [6.07, 6.45) is 3.59. The lowest BCUT2D eigenvalue weighted by Crippen LogP contribution is -2.31. The molecule has 1 heterocycles. The quantitative estimate of drug-likeness (QED) is 0.834. The van der Waals surface area contributed by atoms with Crippen molar-refractivity contribution in [1.29, 1.82) is 0 Å². The summed E-state index contributed by atoms with van der Waals surface area (Å²) in [5, 5.41) is 7.71. The fourth-order valence-electron chi connectivity index (χ4n) is 2.38. The molecule has 1 aromatic heterocycles. The first-order valence-corrected chi connectivity index (χ1v) is 8.14. The molecule has 1 N–H and O–H groups in total. The van der Waals surface area contributed by atoms with Gasteiger partial charge in [0.2, 0.25) is 0 Å². The van der Waals surface area contributed by atoms with E-state index in [1.165, 1.54) is 5.56 Å². The van der Waals surface area contributed by atoms with Gasteiger partial charge in [0.25, 0.3) is 0 Å². The molecule has 0 amide bonds. The van der Waals surface area contributed by atoms with Gasteiger partial charge in [-0.2, -0.15) is 5.10 Å². The molecule has 0 aliphatic carbocycles. The number of rotatable bonds is 7. The van der Waals surface area contributed by atoms with E-state index in [0.717, 1.165) is 29.7 Å². The van der Waals surface area contributed by atoms with Crippen molar-refractivity contribution in [3.8, 4) is 0 Å². The van der Waals surface area contributed by atoms with Gasteiger partial charge in [-0.15, -0.1) is 0 Å². The van der Waals surface area contributed by atoms with Crippen LogP contribution in [0, 0.1) is 5.92 Å². The summed E-state index contributed by atoms with van der Waals surface area (Å²) in [5.41, 5.74) is 1.35. The second-order valence-electron chi connectivity index (χ2n) is 5.77. The van der Waals surface area contributed by atoms with Crippen molar-refractivity contribution in [3.63, 3.8) is 0 Å². The monoisotopic (exact) mass is 350 g/mol. The number of benzene rings is 1. The Bertz CT molecular complexity index is 565. The van der Waals surface area contributed by atoms with E-state index in [0.29, 0.717) is 12.0 Å². The first-order valence-electron chi connectivity index (χ1n) is 7.35. The number of hydrogen-bond donors (Lipinski definition) is 1. The van der Waals surface area contributed by atoms with Crippen LogP contribution in [-0.2, 0) is 19.9 Å². The molecule has 0 radical (unpaired) electrons. The van der Waals surface area contributed by atoms with E-state index < -0.39 is 0 Å². The topological polar surface area (TPSA) is 42.7 Å². The molecular formula is C16H23BrN4. The molecule has 0 aliphatic heterocycles. The lowest BCUT2D eigenvalue weighted by atomic mass is 9.95. The molecule has 1 unspecified atom stereocenters. The summed E-state index contributed by atoms with van der Waals surface area (Å²) < 4.78 is 3.00. The minimum Gasteiger partial charge on any atom is -0.314 e. The first-order chi connectivity index (χ1) is 10.0. The smallest absolute Gasteiger partial charge is 0.138 e. The van der Waals surface area contributed by atoms with Crippen molar-refractivity contribution in [3.05, 3.63) is 46.5 Å². The van der Waals surface area contributed by atoms with Crippen LogP contribution in [0.1, 0.15) is 25.2 Å². The predicted molar refractivity (Wildman–Crippen MR) is 89.2 cm³/mol. The van der Waals surface area contributed by atoms with Gasteiger partial charge < -0.3 is 5.32 Å². The Kier molecular flexibility index (Phi) is 5.94. The largest absolute Gasteiger partial charge is 0.314 e. The fourth-order valence-corrected chi connectivity index (χ4v) is 2.83. The molecule has 0 bridgehead atoms. The number of aromatic nitrogens is 3. The number of nitrogens with zero attached hydrogens (tertiary/aromatic N) is 3. The average Bonchev–Trinajstić information content (AvgIpc) is 2.81. The first kappa shape index (κ1) is 16.2. The zero-order valence-corrected chi connectivity index (χ0v) is 14.5. The Balaban J connectivity index is 2.06. The number of halogens is 1. The average molecular weight is 351 g/mol. The van der Waals surface area contributed by atoms with Gasteiger partial charge in [0.1, 0.15) is 12.2 Å². The van der Waals surface area contributed by atoms with E-state index in [-0.39, 0.29) is 0 Å². The number of aryl methyl sites for hydroxylation is 1. The van der Waals surface area contributed by atoms with Crippen LogP contribution in [0.5, 0.6) is 0 Å². The van der Waals surface area contributed by atoms with E-state index in [9.17, 15) is 0 Å². The summed E-state index contributed by atoms with van der Waals surface area (Å²) in [5.74, 6) is 1.55. The maximum absolute atomic E-state index is 4.36. The summed E-state index contributed by atoms with van der Waals surface area (Å²) in [6.45, 7) is 5.34. The molecule has 0 aliphatic rings. The highest BCUT2D eigenvalue weighted by molar-refractivity contribution is 9.10. The Morgan fingerprint density at radius 3 is 2.71 bits per heavy atom. The highest BCUT2D eigenvalue weighted by Crippen LogP contribution is 2.17. The molecule has 1 atom stereocenters. The molecule has 0 spiro atoms. The molecule has 2 rings (SSSR count). The Morgan fingerprint density at radius 2 is 2.10 bits per heavy atom. The summed E-state index contributed by atoms with van der Waals surface area (Å²) >= 11 is 3.54. The SMILES string of the molecule is CC(C)NCC(Cc1cccc(Br)c1)Cc1ncnn1C. The van der Waals surface area contributed by atoms with Crippen LogP contribution in [-0.4, -0.2) is 27.4 Å². The van der Waals surface area contributed by atoms with Gasteiger partial charge in [-0.1, -0.05) is 41.9 Å². The van der Waals surface area contributed by atoms with Crippen LogP contribution < -0.4 is 5.32 Å².